The van der Waals surface area contributed by atoms with E-state index in [9.17, 15) is 4.79 Å². The molecule has 0 aliphatic heterocycles. The van der Waals surface area contributed by atoms with Crippen molar-refractivity contribution in [2.24, 2.45) is 0 Å². The fourth-order valence-corrected chi connectivity index (χ4v) is 2.40. The van der Waals surface area contributed by atoms with E-state index in [4.69, 9.17) is 4.74 Å². The molecule has 0 aliphatic carbocycles. The van der Waals surface area contributed by atoms with Crippen LogP contribution >= 0.6 is 31.9 Å². The maximum atomic E-state index is 12.4. The Labute approximate surface area is 122 Å². The molecule has 0 bridgehead atoms. The van der Waals surface area contributed by atoms with Gasteiger partial charge in [-0.1, -0.05) is 44.0 Å². The van der Waals surface area contributed by atoms with Crippen LogP contribution < -0.4 is 4.74 Å². The van der Waals surface area contributed by atoms with E-state index in [-0.39, 0.29) is 5.78 Å². The largest absolute Gasteiger partial charge is 0.496 e. The molecule has 18 heavy (non-hydrogen) atoms. The van der Waals surface area contributed by atoms with Crippen LogP contribution in [0.5, 0.6) is 5.75 Å². The number of carbonyl (C=O) groups excluding carboxylic acids is 1. The summed E-state index contributed by atoms with van der Waals surface area (Å²) < 4.78 is 6.95. The number of hydrogen-bond acceptors (Lipinski definition) is 2. The van der Waals surface area contributed by atoms with Gasteiger partial charge in [0.05, 0.1) is 12.7 Å². The third-order valence-corrected chi connectivity index (χ3v) is 3.48. The molecule has 2 aromatic rings. The number of ether oxygens (including phenoxy) is 1. The lowest BCUT2D eigenvalue weighted by Crippen LogP contribution is -2.04. The third kappa shape index (κ3) is 2.82. The summed E-state index contributed by atoms with van der Waals surface area (Å²) in [5.74, 6) is 0.512. The van der Waals surface area contributed by atoms with E-state index in [0.717, 1.165) is 8.95 Å². The van der Waals surface area contributed by atoms with Crippen LogP contribution in [0.25, 0.3) is 0 Å². The Balaban J connectivity index is 2.48. The normalized spacial score (nSPS) is 10.2. The second kappa shape index (κ2) is 5.67. The van der Waals surface area contributed by atoms with Crippen molar-refractivity contribution in [2.75, 3.05) is 7.11 Å². The summed E-state index contributed by atoms with van der Waals surface area (Å²) in [7, 11) is 1.56. The monoisotopic (exact) mass is 368 g/mol. The number of carbonyl (C=O) groups is 1. The van der Waals surface area contributed by atoms with E-state index in [1.165, 1.54) is 0 Å². The Kier molecular flexibility index (Phi) is 4.19. The van der Waals surface area contributed by atoms with Gasteiger partial charge in [-0.25, -0.2) is 0 Å². The van der Waals surface area contributed by atoms with E-state index >= 15 is 0 Å². The third-order valence-electron chi connectivity index (χ3n) is 2.49. The Morgan fingerprint density at radius 2 is 1.78 bits per heavy atom. The van der Waals surface area contributed by atoms with Crippen molar-refractivity contribution in [3.05, 3.63) is 62.5 Å². The molecule has 0 saturated heterocycles. The number of rotatable bonds is 3. The minimum Gasteiger partial charge on any atom is -0.496 e. The Bertz CT molecular complexity index is 594. The highest BCUT2D eigenvalue weighted by Crippen LogP contribution is 2.26. The zero-order valence-corrected chi connectivity index (χ0v) is 12.8. The van der Waals surface area contributed by atoms with Crippen LogP contribution in [-0.4, -0.2) is 12.9 Å². The van der Waals surface area contributed by atoms with Crippen molar-refractivity contribution >= 4 is 37.6 Å². The summed E-state index contributed by atoms with van der Waals surface area (Å²) in [6, 6.07) is 12.7. The zero-order chi connectivity index (χ0) is 13.1. The Hall–Kier alpha value is -1.13. The van der Waals surface area contributed by atoms with E-state index in [2.05, 4.69) is 31.9 Å². The Morgan fingerprint density at radius 3 is 2.44 bits per heavy atom. The van der Waals surface area contributed by atoms with Crippen molar-refractivity contribution in [1.29, 1.82) is 0 Å². The van der Waals surface area contributed by atoms with Gasteiger partial charge in [0, 0.05) is 14.5 Å². The number of hydrogen-bond donors (Lipinski definition) is 0. The van der Waals surface area contributed by atoms with Gasteiger partial charge in [-0.15, -0.1) is 0 Å². The van der Waals surface area contributed by atoms with Crippen LogP contribution in [0.2, 0.25) is 0 Å². The highest BCUT2D eigenvalue weighted by molar-refractivity contribution is 9.10. The molecule has 0 spiro atoms. The standard InChI is InChI=1S/C14H10Br2O2/c1-18-13-6-5-11(16)8-12(13)14(17)9-3-2-4-10(15)7-9/h2-8H,1H3. The van der Waals surface area contributed by atoms with Crippen LogP contribution in [0.1, 0.15) is 15.9 Å². The number of methoxy groups -OCH3 is 1. The van der Waals surface area contributed by atoms with Gasteiger partial charge in [0.25, 0.3) is 0 Å². The summed E-state index contributed by atoms with van der Waals surface area (Å²) in [4.78, 5) is 12.4. The molecule has 0 atom stereocenters. The van der Waals surface area contributed by atoms with Crippen LogP contribution in [0.3, 0.4) is 0 Å². The first-order chi connectivity index (χ1) is 8.61. The maximum Gasteiger partial charge on any atom is 0.196 e. The molecule has 2 nitrogen and oxygen atoms in total. The molecule has 0 amide bonds. The van der Waals surface area contributed by atoms with Gasteiger partial charge >= 0.3 is 0 Å². The summed E-state index contributed by atoms with van der Waals surface area (Å²) in [6.45, 7) is 0. The molecule has 0 N–H and O–H groups in total. The predicted octanol–water partition coefficient (Wildman–Crippen LogP) is 4.45. The molecule has 0 fully saturated rings. The summed E-state index contributed by atoms with van der Waals surface area (Å²) >= 11 is 6.72. The van der Waals surface area contributed by atoms with E-state index in [1.807, 2.05) is 18.2 Å². The molecule has 0 aliphatic rings. The predicted molar refractivity (Wildman–Crippen MR) is 78.3 cm³/mol. The van der Waals surface area contributed by atoms with E-state index in [1.54, 1.807) is 31.4 Å². The zero-order valence-electron chi connectivity index (χ0n) is 9.61. The van der Waals surface area contributed by atoms with Gasteiger partial charge in [0.15, 0.2) is 5.78 Å². The lowest BCUT2D eigenvalue weighted by molar-refractivity contribution is 0.103. The van der Waals surface area contributed by atoms with Gasteiger partial charge in [0.1, 0.15) is 5.75 Å². The van der Waals surface area contributed by atoms with Crippen LogP contribution in [-0.2, 0) is 0 Å². The Morgan fingerprint density at radius 1 is 1.06 bits per heavy atom. The van der Waals surface area contributed by atoms with Crippen molar-refractivity contribution in [3.63, 3.8) is 0 Å². The van der Waals surface area contributed by atoms with Gasteiger partial charge in [-0.05, 0) is 30.3 Å². The first-order valence-corrected chi connectivity index (χ1v) is 6.84. The highest BCUT2D eigenvalue weighted by Gasteiger charge is 2.15. The number of ketones is 1. The lowest BCUT2D eigenvalue weighted by Gasteiger charge is -2.08. The second-order valence-corrected chi connectivity index (χ2v) is 5.52. The molecular formula is C14H10Br2O2. The van der Waals surface area contributed by atoms with Gasteiger partial charge < -0.3 is 4.74 Å². The molecule has 2 aromatic carbocycles. The summed E-state index contributed by atoms with van der Waals surface area (Å²) in [5, 5.41) is 0. The SMILES string of the molecule is COc1ccc(Br)cc1C(=O)c1cccc(Br)c1. The van der Waals surface area contributed by atoms with Crippen LogP contribution in [0.15, 0.2) is 51.4 Å². The van der Waals surface area contributed by atoms with E-state index < -0.39 is 0 Å². The van der Waals surface area contributed by atoms with Gasteiger partial charge in [-0.2, -0.15) is 0 Å². The topological polar surface area (TPSA) is 26.3 Å². The molecule has 92 valence electrons. The van der Waals surface area contributed by atoms with Gasteiger partial charge in [0.2, 0.25) is 0 Å². The minimum atomic E-state index is -0.0607. The number of benzene rings is 2. The van der Waals surface area contributed by atoms with Crippen LogP contribution in [0.4, 0.5) is 0 Å². The first-order valence-electron chi connectivity index (χ1n) is 5.25. The molecule has 0 radical (unpaired) electrons. The summed E-state index contributed by atoms with van der Waals surface area (Å²) in [5.41, 5.74) is 1.17. The molecule has 0 aromatic heterocycles. The maximum absolute atomic E-state index is 12.4. The minimum absolute atomic E-state index is 0.0607. The highest BCUT2D eigenvalue weighted by atomic mass is 79.9. The molecule has 2 rings (SSSR count). The average molecular weight is 370 g/mol. The van der Waals surface area contributed by atoms with Crippen molar-refractivity contribution in [2.45, 2.75) is 0 Å². The molecule has 0 heterocycles. The van der Waals surface area contributed by atoms with E-state index in [0.29, 0.717) is 16.9 Å². The lowest BCUT2D eigenvalue weighted by atomic mass is 10.0. The molecule has 4 heteroatoms. The quantitative estimate of drug-likeness (QED) is 0.747. The van der Waals surface area contributed by atoms with Crippen LogP contribution in [0, 0.1) is 0 Å². The summed E-state index contributed by atoms with van der Waals surface area (Å²) in [6.07, 6.45) is 0. The number of halogens is 2. The fraction of sp³-hybridized carbons (Fsp3) is 0.0714. The molecule has 0 saturated carbocycles. The first kappa shape index (κ1) is 13.3. The van der Waals surface area contributed by atoms with Crippen molar-refractivity contribution in [3.8, 4) is 5.75 Å². The van der Waals surface area contributed by atoms with Crippen molar-refractivity contribution in [1.82, 2.24) is 0 Å². The van der Waals surface area contributed by atoms with Gasteiger partial charge in [-0.3, -0.25) is 4.79 Å². The molecular weight excluding hydrogens is 360 g/mol. The van der Waals surface area contributed by atoms with Crippen molar-refractivity contribution < 1.29 is 9.53 Å². The second-order valence-electron chi connectivity index (χ2n) is 3.68. The fourth-order valence-electron chi connectivity index (χ4n) is 1.64. The smallest absolute Gasteiger partial charge is 0.196 e. The average Bonchev–Trinajstić information content (AvgIpc) is 2.38. The molecule has 0 unspecified atom stereocenters.